The van der Waals surface area contributed by atoms with Gasteiger partial charge in [0, 0.05) is 54.6 Å². The summed E-state index contributed by atoms with van der Waals surface area (Å²) in [6, 6.07) is 14.4. The number of amides is 1. The molecule has 3 heterocycles. The number of rotatable bonds is 8. The van der Waals surface area contributed by atoms with Gasteiger partial charge in [0.2, 0.25) is 5.88 Å². The van der Waals surface area contributed by atoms with Crippen molar-refractivity contribution >= 4 is 40.8 Å². The number of aromatic nitrogens is 3. The molecule has 6 rings (SSSR count). The highest BCUT2D eigenvalue weighted by Crippen LogP contribution is 2.46. The second-order valence-corrected chi connectivity index (χ2v) is 11.8. The first-order valence-electron chi connectivity index (χ1n) is 14.6. The Morgan fingerprint density at radius 3 is 2.49 bits per heavy atom. The average molecular weight is 649 g/mol. The topological polar surface area (TPSA) is 116 Å². The van der Waals surface area contributed by atoms with Gasteiger partial charge < -0.3 is 14.8 Å². The third-order valence-electron chi connectivity index (χ3n) is 8.36. The van der Waals surface area contributed by atoms with Crippen molar-refractivity contribution in [3.63, 3.8) is 0 Å². The van der Waals surface area contributed by atoms with Crippen LogP contribution in [0.25, 0.3) is 22.4 Å². The van der Waals surface area contributed by atoms with Gasteiger partial charge in [-0.25, -0.2) is 9.67 Å². The molecule has 0 bridgehead atoms. The van der Waals surface area contributed by atoms with Crippen LogP contribution in [0.1, 0.15) is 40.9 Å². The van der Waals surface area contributed by atoms with Crippen molar-refractivity contribution in [1.29, 1.82) is 0 Å². The molecule has 1 fully saturated rings. The van der Waals surface area contributed by atoms with Gasteiger partial charge in [0.05, 0.1) is 41.1 Å². The number of methoxy groups -OCH3 is 1. The number of nitrogens with zero attached hydrogens (tertiary/aromatic N) is 4. The van der Waals surface area contributed by atoms with E-state index in [0.29, 0.717) is 58.7 Å². The number of pyridine rings is 1. The lowest BCUT2D eigenvalue weighted by molar-refractivity contribution is -0.155. The predicted molar refractivity (Wildman–Crippen MR) is 172 cm³/mol. The summed E-state index contributed by atoms with van der Waals surface area (Å²) in [6.07, 6.45) is 3.13. The molecule has 2 aromatic carbocycles. The van der Waals surface area contributed by atoms with Crippen molar-refractivity contribution in [3.8, 4) is 28.3 Å². The van der Waals surface area contributed by atoms with E-state index in [1.807, 2.05) is 31.2 Å². The molecule has 1 aliphatic carbocycles. The highest BCUT2D eigenvalue weighted by atomic mass is 35.5. The van der Waals surface area contributed by atoms with E-state index in [1.54, 1.807) is 19.2 Å². The zero-order chi connectivity index (χ0) is 31.8. The molecule has 4 aromatic rings. The molecule has 12 heteroatoms. The molecule has 0 unspecified atom stereocenters. The third-order valence-corrected chi connectivity index (χ3v) is 9.17. The van der Waals surface area contributed by atoms with Gasteiger partial charge in [-0.2, -0.15) is 5.10 Å². The number of fused-ring (bicyclic) bond motifs is 1. The molecule has 0 radical (unpaired) electrons. The van der Waals surface area contributed by atoms with Crippen LogP contribution in [0.4, 0.5) is 5.69 Å². The van der Waals surface area contributed by atoms with E-state index >= 15 is 0 Å². The molecule has 1 atom stereocenters. The third kappa shape index (κ3) is 5.69. The number of benzene rings is 2. The minimum atomic E-state index is -0.598. The zero-order valence-corrected chi connectivity index (χ0v) is 26.5. The van der Waals surface area contributed by atoms with Crippen LogP contribution in [-0.4, -0.2) is 58.3 Å². The number of esters is 1. The molecule has 2 aliphatic rings. The van der Waals surface area contributed by atoms with Crippen LogP contribution in [-0.2, 0) is 23.0 Å². The van der Waals surface area contributed by atoms with Crippen LogP contribution in [0.15, 0.2) is 59.5 Å². The van der Waals surface area contributed by atoms with E-state index in [2.05, 4.69) is 21.4 Å². The SMILES string of the molecule is CCOC(=O)C1CN([C@@H]2CCc3cc(-c4cccc(-c5cccc(NC(=O)c6ccnn(C)c6=O)c5Cl)c4Cl)nc(OC)c32)C1. The largest absolute Gasteiger partial charge is 0.481 e. The van der Waals surface area contributed by atoms with Crippen LogP contribution >= 0.6 is 23.2 Å². The maximum Gasteiger partial charge on any atom is 0.311 e. The number of nitrogens with one attached hydrogen (secondary N) is 1. The minimum Gasteiger partial charge on any atom is -0.481 e. The van der Waals surface area contributed by atoms with Crippen molar-refractivity contribution in [1.82, 2.24) is 19.7 Å². The van der Waals surface area contributed by atoms with Gasteiger partial charge in [0.15, 0.2) is 0 Å². The summed E-state index contributed by atoms with van der Waals surface area (Å²) in [6.45, 7) is 3.51. The summed E-state index contributed by atoms with van der Waals surface area (Å²) >= 11 is 13.9. The zero-order valence-electron chi connectivity index (χ0n) is 25.0. The Labute approximate surface area is 269 Å². The molecular weight excluding hydrogens is 617 g/mol. The number of hydrogen-bond acceptors (Lipinski definition) is 8. The number of carbonyl (C=O) groups excluding carboxylic acids is 2. The Bertz CT molecular complexity index is 1870. The van der Waals surface area contributed by atoms with Crippen LogP contribution < -0.4 is 15.6 Å². The number of halogens is 2. The number of ether oxygens (including phenoxy) is 2. The fourth-order valence-corrected chi connectivity index (χ4v) is 6.66. The smallest absolute Gasteiger partial charge is 0.311 e. The van der Waals surface area contributed by atoms with Gasteiger partial charge >= 0.3 is 5.97 Å². The Kier molecular flexibility index (Phi) is 8.63. The minimum absolute atomic E-state index is 0.0548. The molecule has 232 valence electrons. The van der Waals surface area contributed by atoms with E-state index in [4.69, 9.17) is 37.7 Å². The van der Waals surface area contributed by atoms with Gasteiger partial charge in [-0.1, -0.05) is 53.5 Å². The highest BCUT2D eigenvalue weighted by molar-refractivity contribution is 6.39. The van der Waals surface area contributed by atoms with Crippen LogP contribution in [0.3, 0.4) is 0 Å². The lowest BCUT2D eigenvalue weighted by atomic mass is 9.95. The molecule has 45 heavy (non-hydrogen) atoms. The summed E-state index contributed by atoms with van der Waals surface area (Å²) < 4.78 is 12.1. The first-order valence-corrected chi connectivity index (χ1v) is 15.4. The summed E-state index contributed by atoms with van der Waals surface area (Å²) in [5.41, 5.74) is 4.56. The number of anilines is 1. The van der Waals surface area contributed by atoms with Gasteiger partial charge in [-0.3, -0.25) is 19.3 Å². The lowest BCUT2D eigenvalue weighted by Crippen LogP contribution is -2.51. The van der Waals surface area contributed by atoms with E-state index in [9.17, 15) is 14.4 Å². The maximum atomic E-state index is 12.9. The van der Waals surface area contributed by atoms with Crippen molar-refractivity contribution in [2.75, 3.05) is 32.1 Å². The van der Waals surface area contributed by atoms with Gasteiger partial charge in [-0.05, 0) is 43.5 Å². The van der Waals surface area contributed by atoms with Crippen LogP contribution in [0, 0.1) is 5.92 Å². The summed E-state index contributed by atoms with van der Waals surface area (Å²) in [4.78, 5) is 44.6. The van der Waals surface area contributed by atoms with Crippen molar-refractivity contribution in [2.24, 2.45) is 13.0 Å². The Morgan fingerprint density at radius 1 is 1.04 bits per heavy atom. The quantitative estimate of drug-likeness (QED) is 0.247. The van der Waals surface area contributed by atoms with Crippen molar-refractivity contribution < 1.29 is 19.1 Å². The van der Waals surface area contributed by atoms with Gasteiger partial charge in [0.1, 0.15) is 5.56 Å². The van der Waals surface area contributed by atoms with E-state index in [1.165, 1.54) is 19.3 Å². The number of hydrogen-bond donors (Lipinski definition) is 1. The van der Waals surface area contributed by atoms with E-state index in [-0.39, 0.29) is 28.5 Å². The highest BCUT2D eigenvalue weighted by Gasteiger charge is 2.42. The second kappa shape index (κ2) is 12.6. The summed E-state index contributed by atoms with van der Waals surface area (Å²) in [5, 5.41) is 7.31. The molecule has 10 nitrogen and oxygen atoms in total. The molecule has 1 N–H and O–H groups in total. The lowest BCUT2D eigenvalue weighted by Gasteiger charge is -2.42. The predicted octanol–water partition coefficient (Wildman–Crippen LogP) is 5.56. The molecule has 1 amide bonds. The molecule has 0 saturated carbocycles. The van der Waals surface area contributed by atoms with Gasteiger partial charge in [-0.15, -0.1) is 0 Å². The monoisotopic (exact) mass is 647 g/mol. The number of likely N-dealkylation sites (tertiary alicyclic amines) is 1. The fraction of sp³-hybridized carbons (Fsp3) is 0.303. The van der Waals surface area contributed by atoms with Crippen LogP contribution in [0.2, 0.25) is 10.0 Å². The molecule has 1 saturated heterocycles. The van der Waals surface area contributed by atoms with Crippen molar-refractivity contribution in [3.05, 3.63) is 91.8 Å². The van der Waals surface area contributed by atoms with Crippen molar-refractivity contribution in [2.45, 2.75) is 25.8 Å². The number of aryl methyl sites for hydroxylation is 2. The average Bonchev–Trinajstić information content (AvgIpc) is 3.42. The maximum absolute atomic E-state index is 12.9. The molecule has 2 aromatic heterocycles. The fourth-order valence-electron chi connectivity index (χ4n) is 6.06. The molecule has 0 spiro atoms. The molecular formula is C33H31Cl2N5O5. The normalized spacial score (nSPS) is 16.2. The Morgan fingerprint density at radius 2 is 1.76 bits per heavy atom. The van der Waals surface area contributed by atoms with E-state index in [0.717, 1.165) is 28.7 Å². The Hall–Kier alpha value is -4.25. The first-order chi connectivity index (χ1) is 21.7. The van der Waals surface area contributed by atoms with Gasteiger partial charge in [0.25, 0.3) is 11.5 Å². The second-order valence-electron chi connectivity index (χ2n) is 11.0. The first kappa shape index (κ1) is 30.8. The number of carbonyl (C=O) groups is 2. The van der Waals surface area contributed by atoms with Crippen LogP contribution in [0.5, 0.6) is 5.88 Å². The molecule has 1 aliphatic heterocycles. The van der Waals surface area contributed by atoms with E-state index < -0.39 is 11.5 Å². The summed E-state index contributed by atoms with van der Waals surface area (Å²) in [7, 11) is 3.08. The standard InChI is InChI=1S/C33H31Cl2N5O5/c1-4-45-33(43)19-16-40(17-19)26-12-11-18-15-25(38-31(44-3)27(18)26)22-9-5-7-20(28(22)34)21-8-6-10-24(29(21)35)37-30(41)23-13-14-36-39(2)32(23)42/h5-10,13-15,19,26H,4,11-12,16-17H2,1-3H3,(H,37,41)/t26-/m1/s1. The Balaban J connectivity index is 1.29. The summed E-state index contributed by atoms with van der Waals surface area (Å²) in [5.74, 6) is -0.305.